The molecule has 0 spiro atoms. The molecular weight excluding hydrogens is 258 g/mol. The Labute approximate surface area is 116 Å². The third-order valence-electron chi connectivity index (χ3n) is 3.45. The fraction of sp³-hybridized carbons (Fsp3) is 0.462. The summed E-state index contributed by atoms with van der Waals surface area (Å²) in [5.41, 5.74) is 1.15. The van der Waals surface area contributed by atoms with Gasteiger partial charge in [-0.15, -0.1) is 5.10 Å². The highest BCUT2D eigenvalue weighted by molar-refractivity contribution is 5.70. The van der Waals surface area contributed by atoms with Gasteiger partial charge in [0, 0.05) is 18.8 Å². The molecule has 0 aliphatic heterocycles. The standard InChI is InChI=1S/C13H17N5O2/c1-9(13(19)20)10(2)18-12(15-16-17-18)4-3-11-5-7-14-8-6-11/h5-10H,3-4H2,1-2H3,(H,19,20). The Bertz CT molecular complexity index is 569. The van der Waals surface area contributed by atoms with Crippen molar-refractivity contribution in [2.45, 2.75) is 32.7 Å². The van der Waals surface area contributed by atoms with Crippen molar-refractivity contribution in [1.82, 2.24) is 25.2 Å². The second kappa shape index (κ2) is 6.23. The molecule has 0 radical (unpaired) electrons. The van der Waals surface area contributed by atoms with Crippen molar-refractivity contribution < 1.29 is 9.90 Å². The van der Waals surface area contributed by atoms with E-state index in [1.54, 1.807) is 24.0 Å². The lowest BCUT2D eigenvalue weighted by Gasteiger charge is -2.17. The van der Waals surface area contributed by atoms with E-state index < -0.39 is 11.9 Å². The third-order valence-corrected chi connectivity index (χ3v) is 3.45. The highest BCUT2D eigenvalue weighted by Gasteiger charge is 2.24. The Balaban J connectivity index is 2.07. The van der Waals surface area contributed by atoms with Gasteiger partial charge in [-0.1, -0.05) is 0 Å². The molecule has 0 bridgehead atoms. The van der Waals surface area contributed by atoms with E-state index in [0.717, 1.165) is 12.0 Å². The van der Waals surface area contributed by atoms with Crippen LogP contribution in [0.25, 0.3) is 0 Å². The van der Waals surface area contributed by atoms with Crippen LogP contribution in [0.3, 0.4) is 0 Å². The molecule has 0 aliphatic carbocycles. The lowest BCUT2D eigenvalue weighted by atomic mass is 10.0. The summed E-state index contributed by atoms with van der Waals surface area (Å²) < 4.78 is 1.60. The van der Waals surface area contributed by atoms with Gasteiger partial charge in [-0.2, -0.15) is 0 Å². The Morgan fingerprint density at radius 2 is 2.00 bits per heavy atom. The molecule has 2 heterocycles. The SMILES string of the molecule is CC(C(=O)O)C(C)n1nnnc1CCc1ccncc1. The first-order valence-corrected chi connectivity index (χ1v) is 6.48. The molecule has 2 aromatic heterocycles. The number of hydrogen-bond donors (Lipinski definition) is 1. The summed E-state index contributed by atoms with van der Waals surface area (Å²) in [4.78, 5) is 15.0. The quantitative estimate of drug-likeness (QED) is 0.849. The summed E-state index contributed by atoms with van der Waals surface area (Å²) in [7, 11) is 0. The number of carboxylic acids is 1. The molecule has 0 aromatic carbocycles. The number of pyridine rings is 1. The average molecular weight is 275 g/mol. The molecule has 0 fully saturated rings. The van der Waals surface area contributed by atoms with E-state index in [2.05, 4.69) is 20.5 Å². The van der Waals surface area contributed by atoms with Crippen LogP contribution in [0, 0.1) is 5.92 Å². The smallest absolute Gasteiger partial charge is 0.308 e. The molecule has 2 aromatic rings. The zero-order chi connectivity index (χ0) is 14.5. The molecule has 0 saturated carbocycles. The van der Waals surface area contributed by atoms with E-state index in [1.165, 1.54) is 0 Å². The maximum Gasteiger partial charge on any atom is 0.308 e. The van der Waals surface area contributed by atoms with Crippen molar-refractivity contribution in [3.05, 3.63) is 35.9 Å². The fourth-order valence-corrected chi connectivity index (χ4v) is 1.92. The van der Waals surface area contributed by atoms with E-state index in [1.807, 2.05) is 19.1 Å². The van der Waals surface area contributed by atoms with Gasteiger partial charge in [0.2, 0.25) is 0 Å². The first kappa shape index (κ1) is 14.1. The van der Waals surface area contributed by atoms with Gasteiger partial charge in [0.1, 0.15) is 0 Å². The predicted octanol–water partition coefficient (Wildman–Crippen LogP) is 1.13. The molecule has 2 unspecified atom stereocenters. The molecule has 106 valence electrons. The molecular formula is C13H17N5O2. The predicted molar refractivity (Wildman–Crippen MR) is 71.0 cm³/mol. The lowest BCUT2D eigenvalue weighted by Crippen LogP contribution is -2.24. The van der Waals surface area contributed by atoms with Gasteiger partial charge < -0.3 is 5.11 Å². The van der Waals surface area contributed by atoms with Crippen molar-refractivity contribution >= 4 is 5.97 Å². The van der Waals surface area contributed by atoms with Crippen molar-refractivity contribution in [3.63, 3.8) is 0 Å². The fourth-order valence-electron chi connectivity index (χ4n) is 1.92. The molecule has 0 amide bonds. The van der Waals surface area contributed by atoms with Gasteiger partial charge in [0.25, 0.3) is 0 Å². The van der Waals surface area contributed by atoms with Crippen LogP contribution >= 0.6 is 0 Å². The maximum absolute atomic E-state index is 11.0. The lowest BCUT2D eigenvalue weighted by molar-refractivity contribution is -0.142. The van der Waals surface area contributed by atoms with Crippen molar-refractivity contribution in [3.8, 4) is 0 Å². The molecule has 7 nitrogen and oxygen atoms in total. The number of hydrogen-bond acceptors (Lipinski definition) is 5. The highest BCUT2D eigenvalue weighted by atomic mass is 16.4. The van der Waals surface area contributed by atoms with Crippen LogP contribution in [0.15, 0.2) is 24.5 Å². The molecule has 2 rings (SSSR count). The third kappa shape index (κ3) is 3.17. The number of tetrazole rings is 1. The summed E-state index contributed by atoms with van der Waals surface area (Å²) in [6.07, 6.45) is 4.94. The Morgan fingerprint density at radius 3 is 2.65 bits per heavy atom. The Kier molecular flexibility index (Phi) is 4.39. The Morgan fingerprint density at radius 1 is 1.30 bits per heavy atom. The zero-order valence-electron chi connectivity index (χ0n) is 11.5. The number of carbonyl (C=O) groups is 1. The topological polar surface area (TPSA) is 93.8 Å². The first-order valence-electron chi connectivity index (χ1n) is 6.48. The number of aryl methyl sites for hydroxylation is 2. The van der Waals surface area contributed by atoms with Crippen LogP contribution in [0.5, 0.6) is 0 Å². The molecule has 0 saturated heterocycles. The Hall–Kier alpha value is -2.31. The summed E-state index contributed by atoms with van der Waals surface area (Å²) in [5, 5.41) is 20.6. The van der Waals surface area contributed by atoms with E-state index in [-0.39, 0.29) is 6.04 Å². The minimum atomic E-state index is -0.854. The van der Waals surface area contributed by atoms with Crippen molar-refractivity contribution in [1.29, 1.82) is 0 Å². The molecule has 0 aliphatic rings. The van der Waals surface area contributed by atoms with Gasteiger partial charge in [-0.05, 0) is 48.4 Å². The van der Waals surface area contributed by atoms with Crippen LogP contribution in [0.2, 0.25) is 0 Å². The van der Waals surface area contributed by atoms with Crippen LogP contribution in [-0.2, 0) is 17.6 Å². The molecule has 20 heavy (non-hydrogen) atoms. The van der Waals surface area contributed by atoms with Crippen LogP contribution < -0.4 is 0 Å². The van der Waals surface area contributed by atoms with Gasteiger partial charge >= 0.3 is 5.97 Å². The second-order valence-electron chi connectivity index (χ2n) is 4.76. The van der Waals surface area contributed by atoms with Gasteiger partial charge in [-0.3, -0.25) is 9.78 Å². The summed E-state index contributed by atoms with van der Waals surface area (Å²) in [6, 6.07) is 3.60. The summed E-state index contributed by atoms with van der Waals surface area (Å²) >= 11 is 0. The largest absolute Gasteiger partial charge is 0.481 e. The molecule has 1 N–H and O–H groups in total. The number of carboxylic acid groups (broad SMARTS) is 1. The van der Waals surface area contributed by atoms with E-state index in [9.17, 15) is 4.79 Å². The zero-order valence-corrected chi connectivity index (χ0v) is 11.5. The monoisotopic (exact) mass is 275 g/mol. The molecule has 2 atom stereocenters. The average Bonchev–Trinajstić information content (AvgIpc) is 2.93. The van der Waals surface area contributed by atoms with Gasteiger partial charge in [0.05, 0.1) is 12.0 Å². The van der Waals surface area contributed by atoms with E-state index in [4.69, 9.17) is 5.11 Å². The minimum absolute atomic E-state index is 0.282. The van der Waals surface area contributed by atoms with Gasteiger partial charge in [-0.25, -0.2) is 4.68 Å². The van der Waals surface area contributed by atoms with Gasteiger partial charge in [0.15, 0.2) is 5.82 Å². The number of aromatic nitrogens is 5. The number of nitrogens with zero attached hydrogens (tertiary/aromatic N) is 5. The summed E-state index contributed by atoms with van der Waals surface area (Å²) in [6.45, 7) is 3.46. The van der Waals surface area contributed by atoms with Crippen molar-refractivity contribution in [2.75, 3.05) is 0 Å². The van der Waals surface area contributed by atoms with E-state index >= 15 is 0 Å². The second-order valence-corrected chi connectivity index (χ2v) is 4.76. The number of aliphatic carboxylic acids is 1. The van der Waals surface area contributed by atoms with Crippen LogP contribution in [-0.4, -0.2) is 36.3 Å². The first-order chi connectivity index (χ1) is 9.59. The van der Waals surface area contributed by atoms with Crippen LogP contribution in [0.4, 0.5) is 0 Å². The number of rotatable bonds is 6. The van der Waals surface area contributed by atoms with Crippen molar-refractivity contribution in [2.24, 2.45) is 5.92 Å². The minimum Gasteiger partial charge on any atom is -0.481 e. The van der Waals surface area contributed by atoms with E-state index in [0.29, 0.717) is 12.2 Å². The summed E-state index contributed by atoms with van der Waals surface area (Å²) in [5.74, 6) is -0.700. The molecule has 7 heteroatoms. The highest BCUT2D eigenvalue weighted by Crippen LogP contribution is 2.18. The maximum atomic E-state index is 11.0. The normalized spacial score (nSPS) is 13.9. The van der Waals surface area contributed by atoms with Crippen LogP contribution in [0.1, 0.15) is 31.3 Å².